The van der Waals surface area contributed by atoms with Crippen molar-refractivity contribution < 1.29 is 61.2 Å². The van der Waals surface area contributed by atoms with Gasteiger partial charge < -0.3 is 55.0 Å². The lowest BCUT2D eigenvalue weighted by molar-refractivity contribution is -0.125. The predicted molar refractivity (Wildman–Crippen MR) is 251 cm³/mol. The molecule has 2 aromatic carbocycles. The minimum absolute atomic E-state index is 0.00719. The number of para-hydroxylation sites is 1. The number of fused-ring (bicyclic) bond motifs is 1. The number of carbonyl (C=O) groups is 5. The average Bonchev–Trinajstić information content (AvgIpc) is 4.04. The van der Waals surface area contributed by atoms with Crippen molar-refractivity contribution in [2.45, 2.75) is 95.3 Å². The molecule has 69 heavy (non-hydrogen) atoms. The maximum Gasteiger partial charge on any atom is 0.407 e. The van der Waals surface area contributed by atoms with Crippen LogP contribution in [0.5, 0.6) is 5.75 Å². The maximum atomic E-state index is 14.2. The second-order valence-electron chi connectivity index (χ2n) is 17.4. The van der Waals surface area contributed by atoms with E-state index in [1.165, 1.54) is 10.7 Å². The molecule has 0 saturated carbocycles. The number of nitrogens with one attached hydrogen (secondary N) is 5. The quantitative estimate of drug-likeness (QED) is 0.0424. The van der Waals surface area contributed by atoms with E-state index in [4.69, 9.17) is 28.4 Å². The summed E-state index contributed by atoms with van der Waals surface area (Å²) in [5, 5.41) is 23.0. The minimum atomic E-state index is -0.941. The molecule has 19 nitrogen and oxygen atoms in total. The number of amides is 5. The Kier molecular flexibility index (Phi) is 22.9. The number of unbranched alkanes of at least 4 members (excludes halogenated alkanes) is 2. The molecular weight excluding hydrogens is 923 g/mol. The van der Waals surface area contributed by atoms with Crippen LogP contribution in [0, 0.1) is 17.6 Å². The summed E-state index contributed by atoms with van der Waals surface area (Å²) in [7, 11) is 0. The summed E-state index contributed by atoms with van der Waals surface area (Å²) in [5.74, 6) is -3.27. The van der Waals surface area contributed by atoms with Crippen molar-refractivity contribution in [3.8, 4) is 11.4 Å². The molecule has 0 radical (unpaired) electrons. The number of thioether (sulfide) groups is 1. The van der Waals surface area contributed by atoms with Gasteiger partial charge in [-0.3, -0.25) is 14.4 Å². The van der Waals surface area contributed by atoms with Gasteiger partial charge in [0.05, 0.1) is 76.8 Å². The van der Waals surface area contributed by atoms with E-state index in [0.717, 1.165) is 37.1 Å². The summed E-state index contributed by atoms with van der Waals surface area (Å²) in [4.78, 5) is 62.3. The summed E-state index contributed by atoms with van der Waals surface area (Å²) in [6.45, 7) is 8.10. The van der Waals surface area contributed by atoms with E-state index in [1.807, 2.05) is 11.8 Å². The molecule has 0 bridgehead atoms. The molecule has 3 heterocycles. The Hall–Kier alpha value is -5.42. The van der Waals surface area contributed by atoms with Gasteiger partial charge in [0.1, 0.15) is 17.9 Å². The van der Waals surface area contributed by atoms with E-state index < -0.39 is 53.3 Å². The van der Waals surface area contributed by atoms with E-state index in [-0.39, 0.29) is 37.2 Å². The van der Waals surface area contributed by atoms with E-state index in [1.54, 1.807) is 51.2 Å². The van der Waals surface area contributed by atoms with Gasteiger partial charge in [0.25, 0.3) is 5.91 Å². The summed E-state index contributed by atoms with van der Waals surface area (Å²) < 4.78 is 62.7. The number of aromatic nitrogens is 3. The average molecular weight is 989 g/mol. The van der Waals surface area contributed by atoms with Gasteiger partial charge in [0.2, 0.25) is 5.91 Å². The molecule has 2 fully saturated rings. The van der Waals surface area contributed by atoms with Crippen LogP contribution < -0.4 is 31.3 Å². The molecule has 2 saturated heterocycles. The second kappa shape index (κ2) is 28.9. The lowest BCUT2D eigenvalue weighted by Crippen LogP contribution is -2.36. The Morgan fingerprint density at radius 3 is 2.30 bits per heavy atom. The van der Waals surface area contributed by atoms with Gasteiger partial charge >= 0.3 is 12.1 Å². The number of hydrogen-bond acceptors (Lipinski definition) is 14. The number of carbonyl (C=O) groups excluding carboxylic acids is 5. The van der Waals surface area contributed by atoms with Crippen LogP contribution in [0.4, 0.5) is 18.4 Å². The van der Waals surface area contributed by atoms with Crippen LogP contribution in [0.25, 0.3) is 5.69 Å². The van der Waals surface area contributed by atoms with Crippen LogP contribution in [0.15, 0.2) is 48.7 Å². The highest BCUT2D eigenvalue weighted by molar-refractivity contribution is 8.00. The Labute approximate surface area is 405 Å². The molecular formula is C47H66F2N8O11S. The van der Waals surface area contributed by atoms with Gasteiger partial charge in [-0.15, -0.1) is 5.10 Å². The zero-order valence-corrected chi connectivity index (χ0v) is 40.4. The zero-order chi connectivity index (χ0) is 49.4. The number of benzene rings is 2. The fourth-order valence-electron chi connectivity index (χ4n) is 7.34. The van der Waals surface area contributed by atoms with E-state index in [2.05, 4.69) is 36.9 Å². The predicted octanol–water partition coefficient (Wildman–Crippen LogP) is 4.64. The van der Waals surface area contributed by atoms with E-state index in [0.29, 0.717) is 107 Å². The summed E-state index contributed by atoms with van der Waals surface area (Å²) in [5.41, 5.74) is 0.758. The third-order valence-corrected chi connectivity index (χ3v) is 12.3. The first-order valence-corrected chi connectivity index (χ1v) is 24.4. The molecule has 3 aromatic rings. The van der Waals surface area contributed by atoms with Crippen LogP contribution in [0.1, 0.15) is 81.8 Å². The first-order chi connectivity index (χ1) is 33.3. The number of rotatable bonds is 32. The molecule has 0 unspecified atom stereocenters. The third-order valence-electron chi connectivity index (χ3n) is 10.8. The number of urea groups is 1. The highest BCUT2D eigenvalue weighted by atomic mass is 32.2. The molecule has 22 heteroatoms. The van der Waals surface area contributed by atoms with Gasteiger partial charge in [-0.05, 0) is 76.8 Å². The van der Waals surface area contributed by atoms with Crippen LogP contribution in [-0.2, 0) is 39.9 Å². The topological polar surface area (TPSA) is 232 Å². The van der Waals surface area contributed by atoms with Crippen molar-refractivity contribution in [2.24, 2.45) is 5.92 Å². The Balaban J connectivity index is 0.907. The first-order valence-electron chi connectivity index (χ1n) is 23.4. The first kappa shape index (κ1) is 54.5. The van der Waals surface area contributed by atoms with Crippen molar-refractivity contribution in [2.75, 3.05) is 78.2 Å². The fraction of sp³-hybridized carbons (Fsp3) is 0.596. The summed E-state index contributed by atoms with van der Waals surface area (Å²) in [6.07, 6.45) is 5.61. The highest BCUT2D eigenvalue weighted by Crippen LogP contribution is 2.33. The molecule has 5 rings (SSSR count). The number of Topliss-reactive ketones (excluding diaryl/α,β-unsaturated/α-hetero) is 1. The SMILES string of the molecule is CC(C)(C)OC(=O)NCCCC[C@H](CNC(=O)c1cccc(-n2cc(COCCOCCOCCOCCNC(=O)CCCC[C@@H]3SC[C@@H]4NC(=O)N[C@@H]43)nn2)c1)C(=O)COc1c(F)cccc1F. The number of ketones is 1. The van der Waals surface area contributed by atoms with Crippen molar-refractivity contribution in [1.82, 2.24) is 41.6 Å². The van der Waals surface area contributed by atoms with Crippen molar-refractivity contribution in [3.05, 3.63) is 71.6 Å². The molecule has 0 spiro atoms. The monoisotopic (exact) mass is 988 g/mol. The van der Waals surface area contributed by atoms with Gasteiger partial charge in [0.15, 0.2) is 23.2 Å². The van der Waals surface area contributed by atoms with Crippen LogP contribution >= 0.6 is 11.8 Å². The summed E-state index contributed by atoms with van der Waals surface area (Å²) in [6, 6.07) is 10.2. The number of ether oxygens (including phenoxy) is 6. The van der Waals surface area contributed by atoms with Crippen molar-refractivity contribution in [1.29, 1.82) is 0 Å². The fourth-order valence-corrected chi connectivity index (χ4v) is 8.88. The smallest absolute Gasteiger partial charge is 0.407 e. The number of alkyl carbamates (subject to hydrolysis) is 1. The molecule has 5 amide bonds. The molecule has 5 N–H and O–H groups in total. The molecule has 4 atom stereocenters. The second-order valence-corrected chi connectivity index (χ2v) is 18.7. The van der Waals surface area contributed by atoms with Gasteiger partial charge in [-0.25, -0.2) is 23.1 Å². The van der Waals surface area contributed by atoms with Crippen molar-refractivity contribution in [3.63, 3.8) is 0 Å². The largest absolute Gasteiger partial charge is 0.480 e. The minimum Gasteiger partial charge on any atom is -0.480 e. The maximum absolute atomic E-state index is 14.2. The molecule has 1 aromatic heterocycles. The van der Waals surface area contributed by atoms with Gasteiger partial charge in [0, 0.05) is 48.5 Å². The normalized spacial score (nSPS) is 16.8. The van der Waals surface area contributed by atoms with E-state index in [9.17, 15) is 32.8 Å². The number of nitrogens with zero attached hydrogens (tertiary/aromatic N) is 3. The standard InChI is InChI=1S/C47H66F2N8O11S/c1-47(2,3)68-46(62)51-17-7-6-10-33(39(58)30-67-43-36(48)13-9-14-37(43)49)27-52-44(60)32-11-8-12-35(26-32)57-28-34(55-56-57)29-66-25-24-65-23-22-64-21-20-63-19-18-50-41(59)16-5-4-15-40-42-38(31-69-40)53-45(61)54-42/h8-9,11-14,26,28,33,38,40,42H,4-7,10,15-25,27,29-31H2,1-3H3,(H,50,59)(H,51,62)(H,52,60)(H2,53,54,61)/t33-,38+,40+,42+/m1/s1. The number of halogens is 2. The lowest BCUT2D eigenvalue weighted by atomic mass is 9.97. The van der Waals surface area contributed by atoms with E-state index >= 15 is 0 Å². The Bertz CT molecular complexity index is 2090. The molecule has 0 aliphatic carbocycles. The molecule has 2 aliphatic rings. The highest BCUT2D eigenvalue weighted by Gasteiger charge is 2.42. The summed E-state index contributed by atoms with van der Waals surface area (Å²) >= 11 is 1.88. The third kappa shape index (κ3) is 19.8. The molecule has 2 aliphatic heterocycles. The van der Waals surface area contributed by atoms with Crippen LogP contribution in [0.2, 0.25) is 0 Å². The van der Waals surface area contributed by atoms with Gasteiger partial charge in [-0.1, -0.05) is 30.2 Å². The van der Waals surface area contributed by atoms with Gasteiger partial charge in [-0.2, -0.15) is 11.8 Å². The van der Waals surface area contributed by atoms with Crippen LogP contribution in [-0.4, -0.2) is 146 Å². The molecule has 380 valence electrons. The van der Waals surface area contributed by atoms with Crippen molar-refractivity contribution >= 4 is 41.5 Å². The number of hydrogen-bond donors (Lipinski definition) is 5. The zero-order valence-electron chi connectivity index (χ0n) is 39.6. The van der Waals surface area contributed by atoms with Crippen LogP contribution in [0.3, 0.4) is 0 Å². The lowest BCUT2D eigenvalue weighted by Gasteiger charge is -2.20. The Morgan fingerprint density at radius 2 is 1.57 bits per heavy atom. The Morgan fingerprint density at radius 1 is 0.855 bits per heavy atom.